The summed E-state index contributed by atoms with van der Waals surface area (Å²) in [5.41, 5.74) is 3.01. The van der Waals surface area contributed by atoms with E-state index in [1.54, 1.807) is 7.11 Å². The highest BCUT2D eigenvalue weighted by Crippen LogP contribution is 2.35. The Morgan fingerprint density at radius 3 is 2.56 bits per heavy atom. The van der Waals surface area contributed by atoms with Crippen LogP contribution in [0.5, 0.6) is 0 Å². The molecular formula is C19H33N3O3. The Bertz CT molecular complexity index is 455. The predicted molar refractivity (Wildman–Crippen MR) is 94.9 cm³/mol. The van der Waals surface area contributed by atoms with Crippen LogP contribution in [-0.4, -0.2) is 61.8 Å². The Hall–Kier alpha value is -0.690. The van der Waals surface area contributed by atoms with Crippen molar-refractivity contribution >= 4 is 5.91 Å². The fourth-order valence-corrected chi connectivity index (χ4v) is 5.08. The molecule has 3 aliphatic heterocycles. The Morgan fingerprint density at radius 1 is 1.08 bits per heavy atom. The van der Waals surface area contributed by atoms with Gasteiger partial charge < -0.3 is 15.0 Å². The molecular weight excluding hydrogens is 318 g/mol. The van der Waals surface area contributed by atoms with Crippen LogP contribution in [0.25, 0.3) is 0 Å². The zero-order valence-electron chi connectivity index (χ0n) is 15.4. The van der Waals surface area contributed by atoms with Crippen LogP contribution in [-0.2, 0) is 14.4 Å². The number of carbonyl (C=O) groups excluding carboxylic acids is 1. The van der Waals surface area contributed by atoms with Gasteiger partial charge >= 0.3 is 0 Å². The number of methoxy groups -OCH3 is 1. The molecule has 3 saturated heterocycles. The summed E-state index contributed by atoms with van der Waals surface area (Å²) < 4.78 is 5.40. The molecule has 6 nitrogen and oxygen atoms in total. The van der Waals surface area contributed by atoms with E-state index in [1.807, 2.05) is 4.90 Å². The minimum atomic E-state index is -0.167. The van der Waals surface area contributed by atoms with Gasteiger partial charge in [-0.25, -0.2) is 0 Å². The van der Waals surface area contributed by atoms with Crippen molar-refractivity contribution in [2.24, 2.45) is 11.8 Å². The number of piperidine rings is 1. The van der Waals surface area contributed by atoms with E-state index in [9.17, 15) is 4.79 Å². The number of carbonyl (C=O) groups is 1. The molecule has 6 heteroatoms. The van der Waals surface area contributed by atoms with Crippen LogP contribution in [0.4, 0.5) is 0 Å². The molecule has 0 bridgehead atoms. The summed E-state index contributed by atoms with van der Waals surface area (Å²) in [4.78, 5) is 20.5. The lowest BCUT2D eigenvalue weighted by Gasteiger charge is -2.45. The second-order valence-electron chi connectivity index (χ2n) is 8.41. The number of hydroxylamine groups is 1. The smallest absolute Gasteiger partial charge is 0.242 e. The molecule has 1 aliphatic carbocycles. The molecule has 1 amide bonds. The van der Waals surface area contributed by atoms with Crippen molar-refractivity contribution in [3.63, 3.8) is 0 Å². The predicted octanol–water partition coefficient (Wildman–Crippen LogP) is 1.45. The van der Waals surface area contributed by atoms with Crippen molar-refractivity contribution in [1.82, 2.24) is 15.7 Å². The molecule has 4 unspecified atom stereocenters. The highest BCUT2D eigenvalue weighted by molar-refractivity contribution is 5.82. The summed E-state index contributed by atoms with van der Waals surface area (Å²) in [6.45, 7) is 2.79. The van der Waals surface area contributed by atoms with Gasteiger partial charge in [-0.15, -0.1) is 0 Å². The van der Waals surface area contributed by atoms with Gasteiger partial charge in [0.05, 0.1) is 12.2 Å². The van der Waals surface area contributed by atoms with E-state index in [1.165, 1.54) is 32.1 Å². The van der Waals surface area contributed by atoms with E-state index in [-0.39, 0.29) is 18.1 Å². The summed E-state index contributed by atoms with van der Waals surface area (Å²) in [7, 11) is 1.77. The van der Waals surface area contributed by atoms with E-state index in [2.05, 4.69) is 10.8 Å². The van der Waals surface area contributed by atoms with E-state index >= 15 is 0 Å². The van der Waals surface area contributed by atoms with E-state index in [4.69, 9.17) is 9.57 Å². The highest BCUT2D eigenvalue weighted by atomic mass is 16.7. The average molecular weight is 351 g/mol. The molecule has 0 aromatic rings. The van der Waals surface area contributed by atoms with Crippen LogP contribution in [0.3, 0.4) is 0 Å². The Balaban J connectivity index is 1.21. The second kappa shape index (κ2) is 7.91. The van der Waals surface area contributed by atoms with Crippen LogP contribution in [0.2, 0.25) is 0 Å². The van der Waals surface area contributed by atoms with E-state index < -0.39 is 0 Å². The summed E-state index contributed by atoms with van der Waals surface area (Å²) >= 11 is 0. The van der Waals surface area contributed by atoms with Crippen molar-refractivity contribution in [3.8, 4) is 0 Å². The van der Waals surface area contributed by atoms with Gasteiger partial charge in [0.25, 0.3) is 0 Å². The third kappa shape index (κ3) is 3.87. The lowest BCUT2D eigenvalue weighted by Crippen LogP contribution is -2.57. The van der Waals surface area contributed by atoms with Gasteiger partial charge in [0.1, 0.15) is 6.04 Å². The van der Waals surface area contributed by atoms with Crippen molar-refractivity contribution in [1.29, 1.82) is 0 Å². The Labute approximate surface area is 150 Å². The molecule has 3 heterocycles. The lowest BCUT2D eigenvalue weighted by molar-refractivity contribution is -0.142. The number of hydrogen-bond acceptors (Lipinski definition) is 5. The zero-order valence-corrected chi connectivity index (χ0v) is 15.4. The fourth-order valence-electron chi connectivity index (χ4n) is 5.08. The minimum absolute atomic E-state index is 0.0853. The number of amides is 1. The van der Waals surface area contributed by atoms with Gasteiger partial charge in [0, 0.05) is 39.2 Å². The molecule has 4 atom stereocenters. The van der Waals surface area contributed by atoms with Crippen LogP contribution in [0.1, 0.15) is 51.4 Å². The molecule has 0 spiro atoms. The van der Waals surface area contributed by atoms with Gasteiger partial charge in [-0.05, 0) is 24.7 Å². The van der Waals surface area contributed by atoms with Crippen LogP contribution < -0.4 is 10.8 Å². The maximum Gasteiger partial charge on any atom is 0.242 e. The molecule has 4 aliphatic rings. The standard InChI is InChI=1S/C19H33N3O3/c1-24-15-7-8-16(20-10-15)18-9-17(21-25-18)19(23)22-11-14(12-22)13-5-3-2-4-6-13/h13-18,20-21H,2-12H2,1H3. The minimum Gasteiger partial charge on any atom is -0.380 e. The molecule has 25 heavy (non-hydrogen) atoms. The first-order valence-electron chi connectivity index (χ1n) is 10.2. The molecule has 1 saturated carbocycles. The number of nitrogens with zero attached hydrogens (tertiary/aromatic N) is 1. The first kappa shape index (κ1) is 17.7. The number of rotatable bonds is 4. The number of likely N-dealkylation sites (tertiary alicyclic amines) is 1. The largest absolute Gasteiger partial charge is 0.380 e. The first-order chi connectivity index (χ1) is 12.2. The van der Waals surface area contributed by atoms with Crippen LogP contribution in [0.15, 0.2) is 0 Å². The van der Waals surface area contributed by atoms with Gasteiger partial charge in [-0.3, -0.25) is 9.63 Å². The number of ether oxygens (including phenoxy) is 1. The molecule has 4 rings (SSSR count). The monoisotopic (exact) mass is 351 g/mol. The Kier molecular flexibility index (Phi) is 5.60. The average Bonchev–Trinajstić information content (AvgIpc) is 3.11. The lowest BCUT2D eigenvalue weighted by atomic mass is 9.76. The quantitative estimate of drug-likeness (QED) is 0.803. The summed E-state index contributed by atoms with van der Waals surface area (Å²) in [6.07, 6.45) is 10.2. The first-order valence-corrected chi connectivity index (χ1v) is 10.2. The molecule has 0 radical (unpaired) electrons. The van der Waals surface area contributed by atoms with Gasteiger partial charge in [-0.2, -0.15) is 5.48 Å². The third-order valence-corrected chi connectivity index (χ3v) is 6.86. The molecule has 4 fully saturated rings. The summed E-state index contributed by atoms with van der Waals surface area (Å²) in [5, 5.41) is 3.51. The van der Waals surface area contributed by atoms with Gasteiger partial charge in [0.15, 0.2) is 0 Å². The molecule has 2 N–H and O–H groups in total. The van der Waals surface area contributed by atoms with E-state index in [0.717, 1.165) is 50.7 Å². The fraction of sp³-hybridized carbons (Fsp3) is 0.947. The topological polar surface area (TPSA) is 62.8 Å². The molecule has 142 valence electrons. The summed E-state index contributed by atoms with van der Waals surface area (Å²) in [5.74, 6) is 1.84. The number of hydrogen-bond donors (Lipinski definition) is 2. The van der Waals surface area contributed by atoms with Gasteiger partial charge in [0.2, 0.25) is 5.91 Å². The zero-order chi connectivity index (χ0) is 17.2. The second-order valence-corrected chi connectivity index (χ2v) is 8.41. The van der Waals surface area contributed by atoms with Crippen LogP contribution in [0, 0.1) is 11.8 Å². The maximum atomic E-state index is 12.7. The molecule has 0 aromatic carbocycles. The molecule has 0 aromatic heterocycles. The van der Waals surface area contributed by atoms with Crippen LogP contribution >= 0.6 is 0 Å². The maximum absolute atomic E-state index is 12.7. The summed E-state index contributed by atoms with van der Waals surface area (Å²) in [6, 6.07) is 0.155. The van der Waals surface area contributed by atoms with Crippen molar-refractivity contribution in [3.05, 3.63) is 0 Å². The van der Waals surface area contributed by atoms with Crippen molar-refractivity contribution in [2.75, 3.05) is 26.7 Å². The SMILES string of the molecule is COC1CCC(C2CC(C(=O)N3CC(C4CCCCC4)C3)NO2)NC1. The number of nitrogens with one attached hydrogen (secondary N) is 2. The van der Waals surface area contributed by atoms with Crippen molar-refractivity contribution < 1.29 is 14.4 Å². The normalized spacial score (nSPS) is 37.9. The highest BCUT2D eigenvalue weighted by Gasteiger charge is 2.43. The third-order valence-electron chi connectivity index (χ3n) is 6.86. The van der Waals surface area contributed by atoms with Crippen molar-refractivity contribution in [2.45, 2.75) is 75.7 Å². The van der Waals surface area contributed by atoms with Gasteiger partial charge in [-0.1, -0.05) is 32.1 Å². The van der Waals surface area contributed by atoms with E-state index in [0.29, 0.717) is 12.1 Å². The Morgan fingerprint density at radius 2 is 1.88 bits per heavy atom.